The molecule has 6 nitrogen and oxygen atoms in total. The topological polar surface area (TPSA) is 97.5 Å². The minimum Gasteiger partial charge on any atom is -0.504 e. The van der Waals surface area contributed by atoms with E-state index in [1.54, 1.807) is 6.07 Å². The molecule has 1 amide bonds. The summed E-state index contributed by atoms with van der Waals surface area (Å²) < 4.78 is 4.72. The Balaban J connectivity index is 2.62. The predicted molar refractivity (Wildman–Crippen MR) is 54.4 cm³/mol. The largest absolute Gasteiger partial charge is 0.504 e. The number of nitrogens with one attached hydrogen (secondary N) is 1. The van der Waals surface area contributed by atoms with Crippen LogP contribution in [0.15, 0.2) is 18.3 Å². The zero-order valence-electron chi connectivity index (χ0n) is 8.30. The Bertz CT molecular complexity index is 343. The Morgan fingerprint density at radius 1 is 1.80 bits per heavy atom. The van der Waals surface area contributed by atoms with E-state index in [4.69, 9.17) is 10.5 Å². The molecule has 0 saturated heterocycles. The molecule has 0 aromatic carbocycles. The highest BCUT2D eigenvalue weighted by Gasteiger charge is 2.14. The van der Waals surface area contributed by atoms with Crippen LogP contribution in [-0.4, -0.2) is 35.8 Å². The summed E-state index contributed by atoms with van der Waals surface area (Å²) in [6, 6.07) is 2.20. The summed E-state index contributed by atoms with van der Waals surface area (Å²) >= 11 is 0. The molecule has 1 unspecified atom stereocenters. The molecule has 0 aliphatic rings. The number of aromatic hydroxyl groups is 1. The molecule has 0 bridgehead atoms. The number of amides is 1. The van der Waals surface area contributed by atoms with Gasteiger partial charge in [-0.05, 0) is 12.1 Å². The van der Waals surface area contributed by atoms with Crippen molar-refractivity contribution in [3.8, 4) is 5.75 Å². The molecule has 1 aromatic rings. The number of carbonyl (C=O) groups excluding carboxylic acids is 1. The summed E-state index contributed by atoms with van der Waals surface area (Å²) in [6.07, 6.45) is 1.46. The zero-order chi connectivity index (χ0) is 11.3. The number of carbonyl (C=O) groups is 1. The van der Waals surface area contributed by atoms with Crippen LogP contribution in [0.25, 0.3) is 0 Å². The molecule has 0 saturated carbocycles. The highest BCUT2D eigenvalue weighted by molar-refractivity contribution is 5.94. The van der Waals surface area contributed by atoms with E-state index in [0.29, 0.717) is 0 Å². The normalized spacial score (nSPS) is 12.1. The fraction of sp³-hybridized carbons (Fsp3) is 0.333. The third-order valence-electron chi connectivity index (χ3n) is 1.71. The molecule has 1 aromatic heterocycles. The fourth-order valence-corrected chi connectivity index (χ4v) is 0.958. The first-order valence-corrected chi connectivity index (χ1v) is 4.34. The van der Waals surface area contributed by atoms with Gasteiger partial charge in [0, 0.05) is 13.3 Å². The van der Waals surface area contributed by atoms with Gasteiger partial charge in [0.05, 0.1) is 6.61 Å². The van der Waals surface area contributed by atoms with Crippen molar-refractivity contribution in [2.45, 2.75) is 6.04 Å². The van der Waals surface area contributed by atoms with Crippen molar-refractivity contribution in [1.29, 1.82) is 0 Å². The van der Waals surface area contributed by atoms with Gasteiger partial charge in [-0.1, -0.05) is 0 Å². The highest BCUT2D eigenvalue weighted by Crippen LogP contribution is 2.17. The Morgan fingerprint density at radius 3 is 3.13 bits per heavy atom. The lowest BCUT2D eigenvalue weighted by atomic mass is 10.3. The number of methoxy groups -OCH3 is 1. The fourth-order valence-electron chi connectivity index (χ4n) is 0.958. The van der Waals surface area contributed by atoms with Crippen molar-refractivity contribution in [2.24, 2.45) is 5.73 Å². The summed E-state index contributed by atoms with van der Waals surface area (Å²) in [5, 5.41) is 11.7. The summed E-state index contributed by atoms with van der Waals surface area (Å²) in [5.41, 5.74) is 5.48. The van der Waals surface area contributed by atoms with Crippen LogP contribution in [0.4, 0.5) is 5.82 Å². The molecule has 0 aliphatic carbocycles. The Kier molecular flexibility index (Phi) is 4.02. The molecule has 6 heteroatoms. The van der Waals surface area contributed by atoms with Crippen molar-refractivity contribution < 1.29 is 14.6 Å². The van der Waals surface area contributed by atoms with Crippen molar-refractivity contribution in [1.82, 2.24) is 4.98 Å². The molecule has 0 aliphatic heterocycles. The second-order valence-corrected chi connectivity index (χ2v) is 2.92. The van der Waals surface area contributed by atoms with Gasteiger partial charge in [-0.15, -0.1) is 0 Å². The number of nitrogens with zero attached hydrogens (tertiary/aromatic N) is 1. The van der Waals surface area contributed by atoms with Gasteiger partial charge in [0.25, 0.3) is 0 Å². The van der Waals surface area contributed by atoms with E-state index >= 15 is 0 Å². The standard InChI is InChI=1S/C9H13N3O3/c1-15-5-6(10)9(14)12-8-7(13)3-2-4-11-8/h2-4,6,13H,5,10H2,1H3,(H,11,12,14). The minimum atomic E-state index is -0.781. The Hall–Kier alpha value is -1.66. The number of hydrogen-bond donors (Lipinski definition) is 3. The third-order valence-corrected chi connectivity index (χ3v) is 1.71. The highest BCUT2D eigenvalue weighted by atomic mass is 16.5. The van der Waals surface area contributed by atoms with Gasteiger partial charge in [0.1, 0.15) is 6.04 Å². The third kappa shape index (κ3) is 3.19. The average Bonchev–Trinajstić information content (AvgIpc) is 2.21. The van der Waals surface area contributed by atoms with E-state index in [2.05, 4.69) is 10.3 Å². The molecule has 1 rings (SSSR count). The first-order valence-electron chi connectivity index (χ1n) is 4.34. The molecule has 4 N–H and O–H groups in total. The van der Waals surface area contributed by atoms with E-state index < -0.39 is 11.9 Å². The van der Waals surface area contributed by atoms with Crippen molar-refractivity contribution in [2.75, 3.05) is 19.0 Å². The lowest BCUT2D eigenvalue weighted by Crippen LogP contribution is -2.39. The van der Waals surface area contributed by atoms with Crippen molar-refractivity contribution in [3.63, 3.8) is 0 Å². The molecule has 0 spiro atoms. The molecular formula is C9H13N3O3. The predicted octanol–water partition coefficient (Wildman–Crippen LogP) is -0.301. The van der Waals surface area contributed by atoms with E-state index in [1.165, 1.54) is 19.4 Å². The van der Waals surface area contributed by atoms with Crippen molar-refractivity contribution in [3.05, 3.63) is 18.3 Å². The van der Waals surface area contributed by atoms with Crippen molar-refractivity contribution >= 4 is 11.7 Å². The first-order chi connectivity index (χ1) is 7.15. The van der Waals surface area contributed by atoms with E-state index in [1.807, 2.05) is 0 Å². The number of aromatic nitrogens is 1. The number of nitrogens with two attached hydrogens (primary N) is 1. The number of ether oxygens (including phenoxy) is 1. The molecule has 15 heavy (non-hydrogen) atoms. The SMILES string of the molecule is COCC(N)C(=O)Nc1ncccc1O. The molecular weight excluding hydrogens is 198 g/mol. The zero-order valence-corrected chi connectivity index (χ0v) is 8.30. The molecule has 0 fully saturated rings. The van der Waals surface area contributed by atoms with Crippen LogP contribution in [-0.2, 0) is 9.53 Å². The number of pyridine rings is 1. The van der Waals surface area contributed by atoms with Crippen LogP contribution in [0.2, 0.25) is 0 Å². The van der Waals surface area contributed by atoms with Crippen LogP contribution in [0.3, 0.4) is 0 Å². The summed E-state index contributed by atoms with van der Waals surface area (Å²) in [7, 11) is 1.45. The second-order valence-electron chi connectivity index (χ2n) is 2.92. The van der Waals surface area contributed by atoms with E-state index in [9.17, 15) is 9.90 Å². The maximum Gasteiger partial charge on any atom is 0.244 e. The molecule has 82 valence electrons. The smallest absolute Gasteiger partial charge is 0.244 e. The maximum atomic E-state index is 11.4. The monoisotopic (exact) mass is 211 g/mol. The van der Waals surface area contributed by atoms with Gasteiger partial charge in [0.2, 0.25) is 5.91 Å². The van der Waals surface area contributed by atoms with E-state index in [0.717, 1.165) is 0 Å². The lowest BCUT2D eigenvalue weighted by molar-refractivity contribution is -0.118. The molecule has 1 heterocycles. The van der Waals surface area contributed by atoms with Gasteiger partial charge in [-0.3, -0.25) is 4.79 Å². The van der Waals surface area contributed by atoms with Gasteiger partial charge >= 0.3 is 0 Å². The average molecular weight is 211 g/mol. The van der Waals surface area contributed by atoms with Crippen LogP contribution >= 0.6 is 0 Å². The Labute approximate surface area is 87.1 Å². The second kappa shape index (κ2) is 5.28. The lowest BCUT2D eigenvalue weighted by Gasteiger charge is -2.10. The van der Waals surface area contributed by atoms with Crippen LogP contribution in [0, 0.1) is 0 Å². The maximum absolute atomic E-state index is 11.4. The van der Waals surface area contributed by atoms with Crippen LogP contribution in [0.5, 0.6) is 5.75 Å². The number of anilines is 1. The summed E-state index contributed by atoms with van der Waals surface area (Å²) in [6.45, 7) is 0.111. The minimum absolute atomic E-state index is 0.0917. The van der Waals surface area contributed by atoms with Gasteiger partial charge in [-0.2, -0.15) is 0 Å². The molecule has 1 atom stereocenters. The quantitative estimate of drug-likeness (QED) is 0.635. The van der Waals surface area contributed by atoms with Gasteiger partial charge in [0.15, 0.2) is 11.6 Å². The number of rotatable bonds is 4. The summed E-state index contributed by atoms with van der Waals surface area (Å²) in [5.74, 6) is -0.463. The van der Waals surface area contributed by atoms with E-state index in [-0.39, 0.29) is 18.2 Å². The Morgan fingerprint density at radius 2 is 2.53 bits per heavy atom. The first kappa shape index (κ1) is 11.4. The van der Waals surface area contributed by atoms with Gasteiger partial charge in [-0.25, -0.2) is 4.98 Å². The number of hydrogen-bond acceptors (Lipinski definition) is 5. The van der Waals surface area contributed by atoms with Gasteiger partial charge < -0.3 is 20.9 Å². The molecule has 0 radical (unpaired) electrons. The van der Waals surface area contributed by atoms with Crippen LogP contribution in [0.1, 0.15) is 0 Å². The summed E-state index contributed by atoms with van der Waals surface area (Å²) in [4.78, 5) is 15.2. The van der Waals surface area contributed by atoms with Crippen LogP contribution < -0.4 is 11.1 Å².